The number of nitrogens with two attached hydrogens (primary N) is 1. The van der Waals surface area contributed by atoms with E-state index in [0.29, 0.717) is 18.0 Å². The molecule has 0 saturated heterocycles. The van der Waals surface area contributed by atoms with Gasteiger partial charge in [0.15, 0.2) is 0 Å². The summed E-state index contributed by atoms with van der Waals surface area (Å²) in [6.45, 7) is 6.29. The molecule has 1 rings (SSSR count). The lowest BCUT2D eigenvalue weighted by Crippen LogP contribution is -2.29. The highest BCUT2D eigenvalue weighted by Gasteiger charge is 2.21. The maximum atomic E-state index is 12.4. The number of hydrogen-bond donors (Lipinski definition) is 1. The van der Waals surface area contributed by atoms with Crippen molar-refractivity contribution < 1.29 is 13.2 Å². The van der Waals surface area contributed by atoms with E-state index < -0.39 is 10.0 Å². The molecule has 0 aliphatic carbocycles. The first-order valence-corrected chi connectivity index (χ1v) is 8.55. The van der Waals surface area contributed by atoms with Gasteiger partial charge in [-0.05, 0) is 37.0 Å². The van der Waals surface area contributed by atoms with Crippen LogP contribution < -0.4 is 5.14 Å². The SMILES string of the molecule is Cc1c(C(=O)N(C)CCC(C)C)cc(Cl)cc1S(N)(=O)=O. The number of halogens is 1. The van der Waals surface area contributed by atoms with E-state index in [2.05, 4.69) is 13.8 Å². The van der Waals surface area contributed by atoms with Gasteiger partial charge in [0, 0.05) is 24.2 Å². The summed E-state index contributed by atoms with van der Waals surface area (Å²) in [5.41, 5.74) is 0.584. The van der Waals surface area contributed by atoms with Gasteiger partial charge in [-0.15, -0.1) is 0 Å². The van der Waals surface area contributed by atoms with E-state index in [9.17, 15) is 13.2 Å². The number of carbonyl (C=O) groups excluding carboxylic acids is 1. The molecule has 2 N–H and O–H groups in total. The Hall–Kier alpha value is -1.11. The molecule has 0 radical (unpaired) electrons. The zero-order chi connectivity index (χ0) is 16.4. The maximum Gasteiger partial charge on any atom is 0.253 e. The third-order valence-corrected chi connectivity index (χ3v) is 4.51. The second-order valence-electron chi connectivity index (χ2n) is 5.53. The second kappa shape index (κ2) is 6.77. The smallest absolute Gasteiger partial charge is 0.253 e. The van der Waals surface area contributed by atoms with Gasteiger partial charge in [-0.3, -0.25) is 4.79 Å². The van der Waals surface area contributed by atoms with Gasteiger partial charge >= 0.3 is 0 Å². The number of rotatable bonds is 5. The Morgan fingerprint density at radius 3 is 2.43 bits per heavy atom. The zero-order valence-electron chi connectivity index (χ0n) is 12.7. The molecule has 0 aliphatic heterocycles. The van der Waals surface area contributed by atoms with Gasteiger partial charge < -0.3 is 4.90 Å². The van der Waals surface area contributed by atoms with Gasteiger partial charge in [-0.2, -0.15) is 0 Å². The highest BCUT2D eigenvalue weighted by atomic mass is 35.5. The minimum Gasteiger partial charge on any atom is -0.342 e. The monoisotopic (exact) mass is 332 g/mol. The van der Waals surface area contributed by atoms with Crippen LogP contribution in [0, 0.1) is 12.8 Å². The van der Waals surface area contributed by atoms with E-state index in [-0.39, 0.29) is 21.4 Å². The molecule has 7 heteroatoms. The normalized spacial score (nSPS) is 11.8. The third-order valence-electron chi connectivity index (χ3n) is 3.25. The molecular formula is C14H21ClN2O3S. The van der Waals surface area contributed by atoms with Crippen molar-refractivity contribution in [1.82, 2.24) is 4.90 Å². The van der Waals surface area contributed by atoms with Gasteiger partial charge in [-0.1, -0.05) is 25.4 Å². The van der Waals surface area contributed by atoms with Crippen LogP contribution in [0.25, 0.3) is 0 Å². The van der Waals surface area contributed by atoms with Crippen LogP contribution in [0.15, 0.2) is 17.0 Å². The maximum absolute atomic E-state index is 12.4. The number of benzene rings is 1. The predicted molar refractivity (Wildman–Crippen MR) is 84.0 cm³/mol. The van der Waals surface area contributed by atoms with E-state index in [4.69, 9.17) is 16.7 Å². The van der Waals surface area contributed by atoms with E-state index in [0.717, 1.165) is 6.42 Å². The summed E-state index contributed by atoms with van der Waals surface area (Å²) in [7, 11) is -2.24. The molecule has 0 saturated carbocycles. The minimum absolute atomic E-state index is 0.115. The molecule has 1 aromatic carbocycles. The van der Waals surface area contributed by atoms with Crippen molar-refractivity contribution in [3.8, 4) is 0 Å². The van der Waals surface area contributed by atoms with Crippen molar-refractivity contribution in [3.63, 3.8) is 0 Å². The lowest BCUT2D eigenvalue weighted by atomic mass is 10.1. The molecule has 5 nitrogen and oxygen atoms in total. The summed E-state index contributed by atoms with van der Waals surface area (Å²) < 4.78 is 23.1. The third kappa shape index (κ3) is 4.69. The second-order valence-corrected chi connectivity index (χ2v) is 7.50. The van der Waals surface area contributed by atoms with Crippen molar-refractivity contribution in [2.75, 3.05) is 13.6 Å². The van der Waals surface area contributed by atoms with Gasteiger partial charge in [0.1, 0.15) is 0 Å². The molecule has 0 atom stereocenters. The topological polar surface area (TPSA) is 80.5 Å². The largest absolute Gasteiger partial charge is 0.342 e. The highest BCUT2D eigenvalue weighted by molar-refractivity contribution is 7.89. The van der Waals surface area contributed by atoms with Crippen LogP contribution in [0.4, 0.5) is 0 Å². The molecule has 1 aromatic rings. The van der Waals surface area contributed by atoms with E-state index in [1.807, 2.05) is 0 Å². The summed E-state index contributed by atoms with van der Waals surface area (Å²) >= 11 is 5.91. The average Bonchev–Trinajstić information content (AvgIpc) is 2.36. The number of hydrogen-bond acceptors (Lipinski definition) is 3. The van der Waals surface area contributed by atoms with Gasteiger partial charge in [-0.25, -0.2) is 13.6 Å². The molecule has 1 amide bonds. The van der Waals surface area contributed by atoms with Crippen LogP contribution in [0.5, 0.6) is 0 Å². The number of carbonyl (C=O) groups is 1. The molecule has 0 aromatic heterocycles. The van der Waals surface area contributed by atoms with E-state index in [1.54, 1.807) is 18.9 Å². The lowest BCUT2D eigenvalue weighted by Gasteiger charge is -2.20. The van der Waals surface area contributed by atoms with E-state index in [1.165, 1.54) is 12.1 Å². The molecule has 0 heterocycles. The lowest BCUT2D eigenvalue weighted by molar-refractivity contribution is 0.0788. The van der Waals surface area contributed by atoms with Crippen LogP contribution in [-0.2, 0) is 10.0 Å². The van der Waals surface area contributed by atoms with Crippen LogP contribution >= 0.6 is 11.6 Å². The summed E-state index contributed by atoms with van der Waals surface area (Å²) in [6, 6.07) is 2.73. The Kier molecular flexibility index (Phi) is 5.78. The summed E-state index contributed by atoms with van der Waals surface area (Å²) in [5.74, 6) is 0.209. The fourth-order valence-corrected chi connectivity index (χ4v) is 3.04. The molecular weight excluding hydrogens is 312 g/mol. The summed E-state index contributed by atoms with van der Waals surface area (Å²) in [4.78, 5) is 13.9. The molecule has 0 spiro atoms. The van der Waals surface area contributed by atoms with Crippen molar-refractivity contribution in [2.45, 2.75) is 32.1 Å². The first-order chi connectivity index (χ1) is 9.54. The van der Waals surface area contributed by atoms with Crippen molar-refractivity contribution in [3.05, 3.63) is 28.3 Å². The van der Waals surface area contributed by atoms with E-state index >= 15 is 0 Å². The van der Waals surface area contributed by atoms with Crippen molar-refractivity contribution in [2.24, 2.45) is 11.1 Å². The Balaban J connectivity index is 3.19. The molecule has 0 aliphatic rings. The Bertz CT molecular complexity index is 642. The molecule has 0 fully saturated rings. The summed E-state index contributed by atoms with van der Waals surface area (Å²) in [5, 5.41) is 5.33. The first kappa shape index (κ1) is 17.9. The molecule has 21 heavy (non-hydrogen) atoms. The van der Waals surface area contributed by atoms with Crippen LogP contribution in [0.3, 0.4) is 0 Å². The quantitative estimate of drug-likeness (QED) is 0.899. The Morgan fingerprint density at radius 2 is 1.95 bits per heavy atom. The summed E-state index contributed by atoms with van der Waals surface area (Å²) in [6.07, 6.45) is 0.865. The van der Waals surface area contributed by atoms with Crippen LogP contribution in [0.2, 0.25) is 5.02 Å². The molecule has 118 valence electrons. The van der Waals surface area contributed by atoms with Crippen molar-refractivity contribution >= 4 is 27.5 Å². The van der Waals surface area contributed by atoms with Crippen LogP contribution in [0.1, 0.15) is 36.2 Å². The molecule has 0 bridgehead atoms. The Labute approximate surface area is 131 Å². The zero-order valence-corrected chi connectivity index (χ0v) is 14.3. The fourth-order valence-electron chi connectivity index (χ4n) is 1.93. The van der Waals surface area contributed by atoms with Gasteiger partial charge in [0.25, 0.3) is 5.91 Å². The number of primary sulfonamides is 1. The van der Waals surface area contributed by atoms with Gasteiger partial charge in [0.2, 0.25) is 10.0 Å². The highest BCUT2D eigenvalue weighted by Crippen LogP contribution is 2.24. The Morgan fingerprint density at radius 1 is 1.38 bits per heavy atom. The average molecular weight is 333 g/mol. The molecule has 0 unspecified atom stereocenters. The minimum atomic E-state index is -3.92. The number of sulfonamides is 1. The van der Waals surface area contributed by atoms with Crippen LogP contribution in [-0.4, -0.2) is 32.8 Å². The fraction of sp³-hybridized carbons (Fsp3) is 0.500. The number of amides is 1. The number of nitrogens with zero attached hydrogens (tertiary/aromatic N) is 1. The first-order valence-electron chi connectivity index (χ1n) is 6.62. The predicted octanol–water partition coefficient (Wildman–Crippen LogP) is 2.41. The van der Waals surface area contributed by atoms with Crippen molar-refractivity contribution in [1.29, 1.82) is 0 Å². The standard InChI is InChI=1S/C14H21ClN2O3S/c1-9(2)5-6-17(4)14(18)12-7-11(15)8-13(10(12)3)21(16,19)20/h7-9H,5-6H2,1-4H3,(H2,16,19,20). The van der Waals surface area contributed by atoms with Gasteiger partial charge in [0.05, 0.1) is 4.90 Å².